The molecule has 1 atom stereocenters. The van der Waals surface area contributed by atoms with Crippen molar-refractivity contribution < 1.29 is 10.2 Å². The van der Waals surface area contributed by atoms with E-state index in [0.29, 0.717) is 11.8 Å². The number of hydrogen-bond donors (Lipinski definition) is 2. The monoisotopic (exact) mass is 180 g/mol. The van der Waals surface area contributed by atoms with E-state index in [4.69, 9.17) is 5.11 Å². The summed E-state index contributed by atoms with van der Waals surface area (Å²) in [4.78, 5) is 0. The van der Waals surface area contributed by atoms with Gasteiger partial charge in [-0.25, -0.2) is 0 Å². The van der Waals surface area contributed by atoms with Gasteiger partial charge in [0, 0.05) is 0 Å². The fourth-order valence-corrected chi connectivity index (χ4v) is 1.21. The topological polar surface area (TPSA) is 40.5 Å². The number of phenolic OH excluding ortho intramolecular Hbond substituents is 2. The van der Waals surface area contributed by atoms with E-state index < -0.39 is 0 Å². The molecule has 0 saturated heterocycles. The second-order valence-corrected chi connectivity index (χ2v) is 3.78. The summed E-state index contributed by atoms with van der Waals surface area (Å²) >= 11 is 0. The van der Waals surface area contributed by atoms with Crippen LogP contribution in [0.5, 0.6) is 11.5 Å². The van der Waals surface area contributed by atoms with Crippen LogP contribution in [0, 0.1) is 5.92 Å². The molecule has 1 aromatic rings. The second kappa shape index (κ2) is 3.69. The van der Waals surface area contributed by atoms with Crippen LogP contribution in [0.25, 0.3) is 0 Å². The molecule has 0 aliphatic carbocycles. The molecule has 72 valence electrons. The maximum Gasteiger partial charge on any atom is 0.157 e. The zero-order valence-electron chi connectivity index (χ0n) is 8.28. The summed E-state index contributed by atoms with van der Waals surface area (Å²) in [6.07, 6.45) is 0. The molecule has 0 bridgehead atoms. The number of benzene rings is 1. The molecule has 0 saturated carbocycles. The molecule has 0 aromatic heterocycles. The summed E-state index contributed by atoms with van der Waals surface area (Å²) in [5, 5.41) is 18.4. The van der Waals surface area contributed by atoms with Gasteiger partial charge in [0.2, 0.25) is 0 Å². The Balaban J connectivity index is 2.97. The van der Waals surface area contributed by atoms with Gasteiger partial charge in [-0.2, -0.15) is 0 Å². The quantitative estimate of drug-likeness (QED) is 0.687. The highest BCUT2D eigenvalue weighted by molar-refractivity contribution is 5.41. The molecule has 0 spiro atoms. The van der Waals surface area contributed by atoms with Crippen molar-refractivity contribution in [2.45, 2.75) is 26.7 Å². The Bertz CT molecular complexity index is 292. The third-order valence-corrected chi connectivity index (χ3v) is 2.53. The van der Waals surface area contributed by atoms with Crippen molar-refractivity contribution in [3.05, 3.63) is 23.8 Å². The van der Waals surface area contributed by atoms with Crippen LogP contribution < -0.4 is 0 Å². The summed E-state index contributed by atoms with van der Waals surface area (Å²) < 4.78 is 0. The van der Waals surface area contributed by atoms with Crippen LogP contribution in [0.3, 0.4) is 0 Å². The van der Waals surface area contributed by atoms with E-state index in [2.05, 4.69) is 20.8 Å². The SMILES string of the molecule is CC(C)C(C)c1ccc(O)c(O)c1. The van der Waals surface area contributed by atoms with Gasteiger partial charge < -0.3 is 10.2 Å². The molecule has 1 unspecified atom stereocenters. The van der Waals surface area contributed by atoms with Crippen LogP contribution in [0.1, 0.15) is 32.3 Å². The largest absolute Gasteiger partial charge is 0.504 e. The molecule has 0 aliphatic heterocycles. The third kappa shape index (κ3) is 2.14. The van der Waals surface area contributed by atoms with Crippen LogP contribution in [0.15, 0.2) is 18.2 Å². The maximum absolute atomic E-state index is 9.28. The minimum absolute atomic E-state index is 0.0370. The van der Waals surface area contributed by atoms with Gasteiger partial charge in [0.25, 0.3) is 0 Å². The molecular weight excluding hydrogens is 164 g/mol. The van der Waals surface area contributed by atoms with Crippen molar-refractivity contribution >= 4 is 0 Å². The number of aromatic hydroxyl groups is 2. The molecule has 2 heteroatoms. The van der Waals surface area contributed by atoms with Gasteiger partial charge in [-0.3, -0.25) is 0 Å². The summed E-state index contributed by atoms with van der Waals surface area (Å²) in [6.45, 7) is 6.37. The van der Waals surface area contributed by atoms with Crippen molar-refractivity contribution in [3.8, 4) is 11.5 Å². The lowest BCUT2D eigenvalue weighted by Crippen LogP contribution is -2.01. The second-order valence-electron chi connectivity index (χ2n) is 3.78. The first-order valence-electron chi connectivity index (χ1n) is 4.54. The van der Waals surface area contributed by atoms with E-state index in [0.717, 1.165) is 5.56 Å². The lowest BCUT2D eigenvalue weighted by molar-refractivity contribution is 0.401. The summed E-state index contributed by atoms with van der Waals surface area (Å²) in [5.41, 5.74) is 1.06. The minimum atomic E-state index is -0.0558. The summed E-state index contributed by atoms with van der Waals surface area (Å²) in [5.74, 6) is 0.833. The molecule has 0 radical (unpaired) electrons. The van der Waals surface area contributed by atoms with Gasteiger partial charge in [-0.05, 0) is 29.5 Å². The lowest BCUT2D eigenvalue weighted by atomic mass is 9.90. The van der Waals surface area contributed by atoms with E-state index in [1.807, 2.05) is 6.07 Å². The van der Waals surface area contributed by atoms with Gasteiger partial charge in [-0.1, -0.05) is 26.8 Å². The zero-order chi connectivity index (χ0) is 10.0. The Labute approximate surface area is 78.8 Å². The van der Waals surface area contributed by atoms with E-state index in [1.165, 1.54) is 6.07 Å². The first kappa shape index (κ1) is 9.90. The highest BCUT2D eigenvalue weighted by atomic mass is 16.3. The van der Waals surface area contributed by atoms with Crippen molar-refractivity contribution in [1.82, 2.24) is 0 Å². The van der Waals surface area contributed by atoms with Crippen LogP contribution in [-0.2, 0) is 0 Å². The van der Waals surface area contributed by atoms with Gasteiger partial charge >= 0.3 is 0 Å². The normalized spacial score (nSPS) is 13.2. The molecule has 13 heavy (non-hydrogen) atoms. The van der Waals surface area contributed by atoms with Crippen LogP contribution in [-0.4, -0.2) is 10.2 Å². The van der Waals surface area contributed by atoms with Crippen molar-refractivity contribution in [2.75, 3.05) is 0 Å². The fraction of sp³-hybridized carbons (Fsp3) is 0.455. The summed E-state index contributed by atoms with van der Waals surface area (Å²) in [7, 11) is 0. The fourth-order valence-electron chi connectivity index (χ4n) is 1.21. The third-order valence-electron chi connectivity index (χ3n) is 2.53. The van der Waals surface area contributed by atoms with E-state index in [9.17, 15) is 5.11 Å². The zero-order valence-corrected chi connectivity index (χ0v) is 8.28. The molecule has 0 heterocycles. The highest BCUT2D eigenvalue weighted by Gasteiger charge is 2.11. The van der Waals surface area contributed by atoms with Gasteiger partial charge in [0.05, 0.1) is 0 Å². The average molecular weight is 180 g/mol. The van der Waals surface area contributed by atoms with Gasteiger partial charge in [0.15, 0.2) is 11.5 Å². The molecule has 2 N–H and O–H groups in total. The van der Waals surface area contributed by atoms with Gasteiger partial charge in [0.1, 0.15) is 0 Å². The average Bonchev–Trinajstić information content (AvgIpc) is 2.08. The Morgan fingerprint density at radius 2 is 1.62 bits per heavy atom. The number of hydrogen-bond acceptors (Lipinski definition) is 2. The van der Waals surface area contributed by atoms with Crippen molar-refractivity contribution in [3.63, 3.8) is 0 Å². The van der Waals surface area contributed by atoms with Crippen molar-refractivity contribution in [1.29, 1.82) is 0 Å². The Morgan fingerprint density at radius 3 is 2.08 bits per heavy atom. The predicted octanol–water partition coefficient (Wildman–Crippen LogP) is 2.86. The van der Waals surface area contributed by atoms with E-state index >= 15 is 0 Å². The number of rotatable bonds is 2. The van der Waals surface area contributed by atoms with Crippen LogP contribution in [0.2, 0.25) is 0 Å². The van der Waals surface area contributed by atoms with Gasteiger partial charge in [-0.15, -0.1) is 0 Å². The number of phenols is 2. The van der Waals surface area contributed by atoms with Crippen molar-refractivity contribution in [2.24, 2.45) is 5.92 Å². The molecule has 2 nitrogen and oxygen atoms in total. The highest BCUT2D eigenvalue weighted by Crippen LogP contribution is 2.31. The molecule has 1 rings (SSSR count). The lowest BCUT2D eigenvalue weighted by Gasteiger charge is -2.16. The first-order chi connectivity index (χ1) is 6.02. The Hall–Kier alpha value is -1.18. The first-order valence-corrected chi connectivity index (χ1v) is 4.54. The van der Waals surface area contributed by atoms with Crippen LogP contribution in [0.4, 0.5) is 0 Å². The molecule has 1 aromatic carbocycles. The standard InChI is InChI=1S/C11H16O2/c1-7(2)8(3)9-4-5-10(12)11(13)6-9/h4-8,12-13H,1-3H3. The Kier molecular flexibility index (Phi) is 2.81. The molecule has 0 aliphatic rings. The van der Waals surface area contributed by atoms with Crippen LogP contribution >= 0.6 is 0 Å². The molecule has 0 amide bonds. The Morgan fingerprint density at radius 1 is 1.00 bits per heavy atom. The predicted molar refractivity (Wildman–Crippen MR) is 53.0 cm³/mol. The van der Waals surface area contributed by atoms with E-state index in [1.54, 1.807) is 6.07 Å². The smallest absolute Gasteiger partial charge is 0.157 e. The summed E-state index contributed by atoms with van der Waals surface area (Å²) in [6, 6.07) is 5.00. The maximum atomic E-state index is 9.28. The molecule has 0 fully saturated rings. The minimum Gasteiger partial charge on any atom is -0.504 e. The van der Waals surface area contributed by atoms with E-state index in [-0.39, 0.29) is 11.5 Å². The molecular formula is C11H16O2.